The lowest BCUT2D eigenvalue weighted by atomic mass is 10.0. The largest absolute Gasteiger partial charge is 0.370 e. The molecule has 4 heteroatoms. The molecular formula is C16H19N3S. The van der Waals surface area contributed by atoms with E-state index in [1.165, 1.54) is 16.0 Å². The van der Waals surface area contributed by atoms with E-state index in [1.807, 2.05) is 0 Å². The molecule has 2 heterocycles. The number of rotatable bonds is 4. The quantitative estimate of drug-likeness (QED) is 0.937. The van der Waals surface area contributed by atoms with Gasteiger partial charge in [-0.25, -0.2) is 0 Å². The Morgan fingerprint density at radius 2 is 2.10 bits per heavy atom. The van der Waals surface area contributed by atoms with Gasteiger partial charge in [-0.05, 0) is 29.0 Å². The van der Waals surface area contributed by atoms with E-state index >= 15 is 0 Å². The van der Waals surface area contributed by atoms with E-state index in [0.29, 0.717) is 5.96 Å². The number of benzene rings is 1. The van der Waals surface area contributed by atoms with Gasteiger partial charge in [0.15, 0.2) is 5.96 Å². The van der Waals surface area contributed by atoms with Crippen molar-refractivity contribution in [2.45, 2.75) is 25.9 Å². The summed E-state index contributed by atoms with van der Waals surface area (Å²) in [4.78, 5) is 7.94. The molecule has 0 aliphatic carbocycles. The fourth-order valence-corrected chi connectivity index (χ4v) is 3.25. The molecule has 3 rings (SSSR count). The Labute approximate surface area is 123 Å². The van der Waals surface area contributed by atoms with Crippen LogP contribution in [-0.4, -0.2) is 17.4 Å². The molecule has 1 unspecified atom stereocenters. The number of hydrogen-bond donors (Lipinski definition) is 1. The van der Waals surface area contributed by atoms with E-state index in [0.717, 1.165) is 19.5 Å². The number of aryl methyl sites for hydroxylation is 1. The van der Waals surface area contributed by atoms with E-state index in [1.54, 1.807) is 11.3 Å². The van der Waals surface area contributed by atoms with Gasteiger partial charge < -0.3 is 10.6 Å². The van der Waals surface area contributed by atoms with Crippen molar-refractivity contribution in [2.24, 2.45) is 10.7 Å². The predicted octanol–water partition coefficient (Wildman–Crippen LogP) is 3.18. The van der Waals surface area contributed by atoms with E-state index in [2.05, 4.69) is 58.6 Å². The number of guanidine groups is 1. The lowest BCUT2D eigenvalue weighted by Crippen LogP contribution is -2.35. The third-order valence-electron chi connectivity index (χ3n) is 3.78. The monoisotopic (exact) mass is 285 g/mol. The molecule has 3 nitrogen and oxygen atoms in total. The second kappa shape index (κ2) is 5.67. The molecule has 2 aromatic rings. The Morgan fingerprint density at radius 1 is 1.30 bits per heavy atom. The lowest BCUT2D eigenvalue weighted by Gasteiger charge is -2.26. The molecule has 0 saturated heterocycles. The van der Waals surface area contributed by atoms with Crippen molar-refractivity contribution < 1.29 is 0 Å². The van der Waals surface area contributed by atoms with Crippen molar-refractivity contribution in [3.63, 3.8) is 0 Å². The SMILES string of the molecule is CCc1ccc(C2CN=C(N)N2Cc2cccs2)cc1. The normalized spacial score (nSPS) is 18.4. The first kappa shape index (κ1) is 13.2. The van der Waals surface area contributed by atoms with E-state index in [9.17, 15) is 0 Å². The average Bonchev–Trinajstić information content (AvgIpc) is 3.11. The topological polar surface area (TPSA) is 41.6 Å². The van der Waals surface area contributed by atoms with E-state index in [4.69, 9.17) is 5.73 Å². The van der Waals surface area contributed by atoms with Crippen LogP contribution in [0.3, 0.4) is 0 Å². The fourth-order valence-electron chi connectivity index (χ4n) is 2.55. The van der Waals surface area contributed by atoms with Crippen molar-refractivity contribution in [3.8, 4) is 0 Å². The molecule has 104 valence electrons. The molecule has 1 aliphatic rings. The summed E-state index contributed by atoms with van der Waals surface area (Å²) in [5.41, 5.74) is 8.72. The molecule has 1 aromatic carbocycles. The van der Waals surface area contributed by atoms with Gasteiger partial charge in [0.05, 0.1) is 19.1 Å². The first-order valence-corrected chi connectivity index (χ1v) is 7.83. The summed E-state index contributed by atoms with van der Waals surface area (Å²) < 4.78 is 0. The first-order chi connectivity index (χ1) is 9.78. The summed E-state index contributed by atoms with van der Waals surface area (Å²) >= 11 is 1.76. The van der Waals surface area contributed by atoms with Crippen LogP contribution in [-0.2, 0) is 13.0 Å². The standard InChI is InChI=1S/C16H19N3S/c1-2-12-5-7-13(8-6-12)15-10-18-16(17)19(15)11-14-4-3-9-20-14/h3-9,15H,2,10-11H2,1H3,(H2,17,18). The predicted molar refractivity (Wildman–Crippen MR) is 84.9 cm³/mol. The van der Waals surface area contributed by atoms with Gasteiger partial charge in [-0.2, -0.15) is 0 Å². The first-order valence-electron chi connectivity index (χ1n) is 6.95. The Morgan fingerprint density at radius 3 is 2.75 bits per heavy atom. The zero-order valence-corrected chi connectivity index (χ0v) is 12.4. The summed E-state index contributed by atoms with van der Waals surface area (Å²) in [5.74, 6) is 0.656. The fraction of sp³-hybridized carbons (Fsp3) is 0.312. The molecule has 0 fully saturated rings. The Hall–Kier alpha value is -1.81. The minimum absolute atomic E-state index is 0.267. The molecule has 1 atom stereocenters. The van der Waals surface area contributed by atoms with Crippen LogP contribution < -0.4 is 5.73 Å². The van der Waals surface area contributed by atoms with Gasteiger partial charge in [0.2, 0.25) is 0 Å². The van der Waals surface area contributed by atoms with Crippen molar-refractivity contribution in [1.29, 1.82) is 0 Å². The molecule has 0 saturated carbocycles. The molecule has 2 N–H and O–H groups in total. The van der Waals surface area contributed by atoms with Crippen LogP contribution in [0.4, 0.5) is 0 Å². The molecule has 0 bridgehead atoms. The highest BCUT2D eigenvalue weighted by Gasteiger charge is 2.27. The summed E-state index contributed by atoms with van der Waals surface area (Å²) in [7, 11) is 0. The lowest BCUT2D eigenvalue weighted by molar-refractivity contribution is 0.343. The number of nitrogens with two attached hydrogens (primary N) is 1. The average molecular weight is 285 g/mol. The minimum Gasteiger partial charge on any atom is -0.370 e. The molecule has 0 spiro atoms. The highest BCUT2D eigenvalue weighted by molar-refractivity contribution is 7.09. The van der Waals surface area contributed by atoms with Gasteiger partial charge in [0, 0.05) is 4.88 Å². The Balaban J connectivity index is 1.81. The number of hydrogen-bond acceptors (Lipinski definition) is 4. The van der Waals surface area contributed by atoms with Crippen LogP contribution in [0.5, 0.6) is 0 Å². The number of nitrogens with zero attached hydrogens (tertiary/aromatic N) is 2. The maximum atomic E-state index is 6.06. The molecular weight excluding hydrogens is 266 g/mol. The maximum Gasteiger partial charge on any atom is 0.192 e. The zero-order valence-electron chi connectivity index (χ0n) is 11.6. The van der Waals surface area contributed by atoms with Gasteiger partial charge in [-0.1, -0.05) is 37.3 Å². The minimum atomic E-state index is 0.267. The second-order valence-corrected chi connectivity index (χ2v) is 6.05. The van der Waals surface area contributed by atoms with Gasteiger partial charge in [-0.15, -0.1) is 11.3 Å². The van der Waals surface area contributed by atoms with Gasteiger partial charge in [0.1, 0.15) is 0 Å². The highest BCUT2D eigenvalue weighted by Crippen LogP contribution is 2.28. The summed E-state index contributed by atoms with van der Waals surface area (Å²) in [6.07, 6.45) is 1.07. The maximum absolute atomic E-state index is 6.06. The van der Waals surface area contributed by atoms with Crippen LogP contribution in [0.15, 0.2) is 46.8 Å². The Kier molecular flexibility index (Phi) is 3.74. The van der Waals surface area contributed by atoms with Crippen molar-refractivity contribution in [2.75, 3.05) is 6.54 Å². The van der Waals surface area contributed by atoms with Crippen molar-refractivity contribution in [3.05, 3.63) is 57.8 Å². The molecule has 1 aromatic heterocycles. The highest BCUT2D eigenvalue weighted by atomic mass is 32.1. The van der Waals surface area contributed by atoms with Crippen LogP contribution in [0.25, 0.3) is 0 Å². The molecule has 1 aliphatic heterocycles. The van der Waals surface area contributed by atoms with Crippen LogP contribution in [0.2, 0.25) is 0 Å². The van der Waals surface area contributed by atoms with E-state index in [-0.39, 0.29) is 6.04 Å². The molecule has 20 heavy (non-hydrogen) atoms. The van der Waals surface area contributed by atoms with Crippen molar-refractivity contribution >= 4 is 17.3 Å². The summed E-state index contributed by atoms with van der Waals surface area (Å²) in [5, 5.41) is 2.10. The third kappa shape index (κ3) is 2.56. The number of thiophene rings is 1. The van der Waals surface area contributed by atoms with Crippen molar-refractivity contribution in [1.82, 2.24) is 4.90 Å². The molecule has 0 amide bonds. The van der Waals surface area contributed by atoms with Crippen LogP contribution in [0, 0.1) is 0 Å². The number of aliphatic imine (C=N–C) groups is 1. The summed E-state index contributed by atoms with van der Waals surface area (Å²) in [6, 6.07) is 13.3. The zero-order chi connectivity index (χ0) is 13.9. The van der Waals surface area contributed by atoms with E-state index < -0.39 is 0 Å². The van der Waals surface area contributed by atoms with Crippen LogP contribution in [0.1, 0.15) is 29.0 Å². The third-order valence-corrected chi connectivity index (χ3v) is 4.64. The Bertz CT molecular complexity index is 587. The van der Waals surface area contributed by atoms with Gasteiger partial charge in [0.25, 0.3) is 0 Å². The second-order valence-electron chi connectivity index (χ2n) is 5.02. The van der Waals surface area contributed by atoms with Crippen LogP contribution >= 0.6 is 11.3 Å². The van der Waals surface area contributed by atoms with Gasteiger partial charge >= 0.3 is 0 Å². The molecule has 0 radical (unpaired) electrons. The smallest absolute Gasteiger partial charge is 0.192 e. The van der Waals surface area contributed by atoms with Gasteiger partial charge in [-0.3, -0.25) is 4.99 Å². The summed E-state index contributed by atoms with van der Waals surface area (Å²) in [6.45, 7) is 3.77.